The van der Waals surface area contributed by atoms with Crippen LogP contribution in [0, 0.1) is 6.92 Å². The number of aryl methyl sites for hydroxylation is 1. The van der Waals surface area contributed by atoms with E-state index >= 15 is 0 Å². The number of benzene rings is 2. The maximum absolute atomic E-state index is 12.9. The predicted octanol–water partition coefficient (Wildman–Crippen LogP) is 5.69. The lowest BCUT2D eigenvalue weighted by molar-refractivity contribution is 0.389. The summed E-state index contributed by atoms with van der Waals surface area (Å²) < 4.78 is 18.2. The van der Waals surface area contributed by atoms with Gasteiger partial charge in [0.2, 0.25) is 0 Å². The summed E-state index contributed by atoms with van der Waals surface area (Å²) in [7, 11) is -1.54. The maximum atomic E-state index is 12.9. The molecule has 0 radical (unpaired) electrons. The number of rotatable bonds is 6. The third-order valence-electron chi connectivity index (χ3n) is 6.37. The van der Waals surface area contributed by atoms with Crippen LogP contribution in [0.25, 0.3) is 22.2 Å². The molecular formula is C24H25ClN6O2S. The van der Waals surface area contributed by atoms with E-state index in [0.717, 1.165) is 46.3 Å². The molecule has 2 aromatic heterocycles. The first-order chi connectivity index (χ1) is 16.5. The van der Waals surface area contributed by atoms with Gasteiger partial charge in [0.05, 0.1) is 21.0 Å². The minimum Gasteiger partial charge on any atom is -0.383 e. The van der Waals surface area contributed by atoms with Gasteiger partial charge in [0.15, 0.2) is 0 Å². The Hall–Kier alpha value is -3.14. The number of fused-ring (bicyclic) bond motifs is 1. The molecule has 1 saturated carbocycles. The molecule has 1 fully saturated rings. The lowest BCUT2D eigenvalue weighted by Crippen LogP contribution is -2.06. The Morgan fingerprint density at radius 2 is 1.94 bits per heavy atom. The summed E-state index contributed by atoms with van der Waals surface area (Å²) in [6.45, 7) is 1.96. The molecule has 176 valence electrons. The van der Waals surface area contributed by atoms with Gasteiger partial charge < -0.3 is 15.0 Å². The van der Waals surface area contributed by atoms with E-state index in [2.05, 4.69) is 25.5 Å². The molecule has 34 heavy (non-hydrogen) atoms. The standard InChI is InChI=1S/C24H25ClN6O2S/c1-14-10-15(6-9-20(14)30-34(33)17-7-8-19(25)21(11-17)29-32)18-12-31(16-4-2-3-5-16)24-22(18)23(26)27-13-28-24/h6-13,16,29-30,32H,2-5H2,1H3,(H2,26,27,28). The van der Waals surface area contributed by atoms with Crippen molar-refractivity contribution in [3.8, 4) is 11.1 Å². The molecule has 2 heterocycles. The molecule has 0 bridgehead atoms. The number of aromatic nitrogens is 3. The highest BCUT2D eigenvalue weighted by atomic mass is 35.5. The van der Waals surface area contributed by atoms with Crippen molar-refractivity contribution in [3.05, 3.63) is 59.5 Å². The number of hydrogen-bond donors (Lipinski definition) is 4. The van der Waals surface area contributed by atoms with Crippen LogP contribution in [0.2, 0.25) is 5.02 Å². The van der Waals surface area contributed by atoms with Crippen LogP contribution < -0.4 is 15.9 Å². The highest BCUT2D eigenvalue weighted by Crippen LogP contribution is 2.39. The number of nitrogens with two attached hydrogens (primary N) is 1. The molecule has 0 saturated heterocycles. The Morgan fingerprint density at radius 1 is 1.15 bits per heavy atom. The molecule has 1 aliphatic carbocycles. The topological polar surface area (TPSA) is 118 Å². The fraction of sp³-hybridized carbons (Fsp3) is 0.250. The van der Waals surface area contributed by atoms with E-state index < -0.39 is 11.0 Å². The number of nitrogens with zero attached hydrogens (tertiary/aromatic N) is 3. The molecule has 4 aromatic rings. The Labute approximate surface area is 204 Å². The number of halogens is 1. The summed E-state index contributed by atoms with van der Waals surface area (Å²) in [5.74, 6) is 0.466. The summed E-state index contributed by atoms with van der Waals surface area (Å²) >= 11 is 6.00. The SMILES string of the molecule is Cc1cc(-c2cn(C3CCCC3)c3ncnc(N)c23)ccc1NS(=O)c1ccc(Cl)c(NO)c1. The highest BCUT2D eigenvalue weighted by Gasteiger charge is 2.23. The first kappa shape index (κ1) is 22.6. The van der Waals surface area contributed by atoms with Gasteiger partial charge in [-0.25, -0.2) is 14.2 Å². The third-order valence-corrected chi connectivity index (χ3v) is 7.79. The zero-order valence-corrected chi connectivity index (χ0v) is 20.2. The first-order valence-electron chi connectivity index (χ1n) is 11.1. The van der Waals surface area contributed by atoms with Crippen LogP contribution in [0.5, 0.6) is 0 Å². The van der Waals surface area contributed by atoms with Crippen molar-refractivity contribution in [1.82, 2.24) is 14.5 Å². The molecule has 0 aliphatic heterocycles. The monoisotopic (exact) mass is 496 g/mol. The fourth-order valence-corrected chi connectivity index (χ4v) is 5.72. The summed E-state index contributed by atoms with van der Waals surface area (Å²) in [4.78, 5) is 9.27. The smallest absolute Gasteiger partial charge is 0.150 e. The molecule has 1 atom stereocenters. The van der Waals surface area contributed by atoms with Gasteiger partial charge in [-0.05, 0) is 61.2 Å². The van der Waals surface area contributed by atoms with E-state index in [9.17, 15) is 9.42 Å². The number of anilines is 3. The van der Waals surface area contributed by atoms with E-state index in [1.54, 1.807) is 12.1 Å². The Balaban J connectivity index is 1.48. The van der Waals surface area contributed by atoms with E-state index in [-0.39, 0.29) is 0 Å². The number of hydrogen-bond acceptors (Lipinski definition) is 6. The van der Waals surface area contributed by atoms with E-state index in [4.69, 9.17) is 17.3 Å². The van der Waals surface area contributed by atoms with Gasteiger partial charge in [0.1, 0.15) is 28.8 Å². The number of nitrogens with one attached hydrogen (secondary N) is 2. The van der Waals surface area contributed by atoms with Crippen molar-refractivity contribution in [1.29, 1.82) is 0 Å². The average Bonchev–Trinajstić information content (AvgIpc) is 3.49. The molecule has 5 rings (SSSR count). The van der Waals surface area contributed by atoms with Crippen molar-refractivity contribution in [3.63, 3.8) is 0 Å². The van der Waals surface area contributed by atoms with Gasteiger partial charge in [0, 0.05) is 23.5 Å². The number of nitrogen functional groups attached to an aromatic ring is 1. The maximum Gasteiger partial charge on any atom is 0.150 e. The van der Waals surface area contributed by atoms with Gasteiger partial charge in [-0.1, -0.05) is 30.5 Å². The molecule has 8 nitrogen and oxygen atoms in total. The second-order valence-electron chi connectivity index (χ2n) is 8.50. The Bertz CT molecular complexity index is 1400. The highest BCUT2D eigenvalue weighted by molar-refractivity contribution is 7.86. The molecule has 0 spiro atoms. The van der Waals surface area contributed by atoms with Crippen LogP contribution in [0.15, 0.2) is 53.8 Å². The normalized spacial score (nSPS) is 15.0. The molecule has 5 N–H and O–H groups in total. The minimum atomic E-state index is -1.54. The summed E-state index contributed by atoms with van der Waals surface area (Å²) in [5.41, 5.74) is 13.1. The van der Waals surface area contributed by atoms with Crippen molar-refractivity contribution in [2.24, 2.45) is 0 Å². The lowest BCUT2D eigenvalue weighted by Gasteiger charge is -2.12. The van der Waals surface area contributed by atoms with Crippen LogP contribution in [0.1, 0.15) is 37.3 Å². The van der Waals surface area contributed by atoms with Gasteiger partial charge in [0.25, 0.3) is 0 Å². The summed E-state index contributed by atoms with van der Waals surface area (Å²) in [5, 5.41) is 10.4. The quantitative estimate of drug-likeness (QED) is 0.254. The van der Waals surface area contributed by atoms with Crippen molar-refractivity contribution in [2.45, 2.75) is 43.5 Å². The Morgan fingerprint density at radius 3 is 2.68 bits per heavy atom. The first-order valence-corrected chi connectivity index (χ1v) is 12.6. The van der Waals surface area contributed by atoms with Crippen LogP contribution in [0.4, 0.5) is 17.2 Å². The van der Waals surface area contributed by atoms with E-state index in [1.165, 1.54) is 25.2 Å². The fourth-order valence-electron chi connectivity index (χ4n) is 4.60. The lowest BCUT2D eigenvalue weighted by atomic mass is 10.0. The van der Waals surface area contributed by atoms with Gasteiger partial charge in [-0.15, -0.1) is 0 Å². The average molecular weight is 497 g/mol. The van der Waals surface area contributed by atoms with Crippen LogP contribution in [-0.2, 0) is 11.0 Å². The molecule has 2 aromatic carbocycles. The van der Waals surface area contributed by atoms with Crippen LogP contribution in [0.3, 0.4) is 0 Å². The minimum absolute atomic E-state index is 0.292. The molecule has 1 aliphatic rings. The van der Waals surface area contributed by atoms with E-state index in [0.29, 0.717) is 27.5 Å². The second kappa shape index (κ2) is 9.25. The van der Waals surface area contributed by atoms with Crippen LogP contribution >= 0.6 is 11.6 Å². The van der Waals surface area contributed by atoms with E-state index in [1.807, 2.05) is 30.6 Å². The molecular weight excluding hydrogens is 472 g/mol. The van der Waals surface area contributed by atoms with Crippen LogP contribution in [-0.4, -0.2) is 24.0 Å². The van der Waals surface area contributed by atoms with Crippen molar-refractivity contribution in [2.75, 3.05) is 15.9 Å². The predicted molar refractivity (Wildman–Crippen MR) is 137 cm³/mol. The Kier molecular flexibility index (Phi) is 6.16. The molecule has 1 unspecified atom stereocenters. The zero-order chi connectivity index (χ0) is 23.8. The van der Waals surface area contributed by atoms with Crippen molar-refractivity contribution < 1.29 is 9.42 Å². The second-order valence-corrected chi connectivity index (χ2v) is 10.1. The largest absolute Gasteiger partial charge is 0.383 e. The molecule has 0 amide bonds. The summed E-state index contributed by atoms with van der Waals surface area (Å²) in [6.07, 6.45) is 8.39. The van der Waals surface area contributed by atoms with Gasteiger partial charge in [-0.2, -0.15) is 0 Å². The van der Waals surface area contributed by atoms with Gasteiger partial charge >= 0.3 is 0 Å². The third kappa shape index (κ3) is 4.11. The van der Waals surface area contributed by atoms with Crippen molar-refractivity contribution >= 4 is 50.8 Å². The zero-order valence-electron chi connectivity index (χ0n) is 18.6. The summed E-state index contributed by atoms with van der Waals surface area (Å²) in [6, 6.07) is 11.1. The molecule has 10 heteroatoms. The van der Waals surface area contributed by atoms with Gasteiger partial charge in [-0.3, -0.25) is 10.7 Å².